The molecule has 0 bridgehead atoms. The number of amides is 2. The van der Waals surface area contributed by atoms with Gasteiger partial charge in [0.15, 0.2) is 0 Å². The Kier molecular flexibility index (Phi) is 4.18. The van der Waals surface area contributed by atoms with Crippen molar-refractivity contribution in [2.24, 2.45) is 5.92 Å². The van der Waals surface area contributed by atoms with Crippen LogP contribution in [0.3, 0.4) is 0 Å². The topological polar surface area (TPSA) is 75.4 Å². The third-order valence-electron chi connectivity index (χ3n) is 3.80. The van der Waals surface area contributed by atoms with Gasteiger partial charge in [-0.3, -0.25) is 14.6 Å². The van der Waals surface area contributed by atoms with Crippen molar-refractivity contribution in [3.8, 4) is 0 Å². The molecule has 3 heterocycles. The van der Waals surface area contributed by atoms with Crippen LogP contribution in [-0.2, 0) is 4.79 Å². The van der Waals surface area contributed by atoms with E-state index in [2.05, 4.69) is 10.3 Å². The van der Waals surface area contributed by atoms with Gasteiger partial charge in [0.25, 0.3) is 5.91 Å². The molecular formula is C16H17N3O3. The van der Waals surface area contributed by atoms with Crippen LogP contribution in [0.4, 0.5) is 5.69 Å². The normalized spacial score (nSPS) is 18.0. The number of rotatable bonds is 3. The summed E-state index contributed by atoms with van der Waals surface area (Å²) in [5.74, 6) is -0.344. The minimum Gasteiger partial charge on any atom is -0.472 e. The van der Waals surface area contributed by atoms with Crippen LogP contribution in [0.15, 0.2) is 47.5 Å². The molecule has 1 aliphatic rings. The van der Waals surface area contributed by atoms with Crippen molar-refractivity contribution in [1.29, 1.82) is 0 Å². The minimum absolute atomic E-state index is 0.0594. The van der Waals surface area contributed by atoms with E-state index in [-0.39, 0.29) is 17.7 Å². The third-order valence-corrected chi connectivity index (χ3v) is 3.80. The number of nitrogens with zero attached hydrogens (tertiary/aromatic N) is 2. The predicted molar refractivity (Wildman–Crippen MR) is 80.2 cm³/mol. The number of carbonyl (C=O) groups excluding carboxylic acids is 2. The van der Waals surface area contributed by atoms with Gasteiger partial charge in [0.05, 0.1) is 17.7 Å². The summed E-state index contributed by atoms with van der Waals surface area (Å²) >= 11 is 0. The van der Waals surface area contributed by atoms with E-state index < -0.39 is 0 Å². The first kappa shape index (κ1) is 14.3. The molecule has 0 aliphatic carbocycles. The maximum Gasteiger partial charge on any atom is 0.257 e. The van der Waals surface area contributed by atoms with Gasteiger partial charge >= 0.3 is 0 Å². The van der Waals surface area contributed by atoms with E-state index in [9.17, 15) is 9.59 Å². The van der Waals surface area contributed by atoms with Gasteiger partial charge in [0.2, 0.25) is 5.91 Å². The highest BCUT2D eigenvalue weighted by atomic mass is 16.3. The number of hydrogen-bond acceptors (Lipinski definition) is 4. The standard InChI is InChI=1S/C16H17N3O3/c20-15(18-14-3-6-17-7-4-14)12-2-1-8-19(10-12)16(21)13-5-9-22-11-13/h3-7,9,11-12H,1-2,8,10H2,(H,17,18,20)/t12-/m0/s1. The van der Waals surface area contributed by atoms with Crippen LogP contribution in [0.1, 0.15) is 23.2 Å². The second kappa shape index (κ2) is 6.43. The van der Waals surface area contributed by atoms with E-state index in [0.29, 0.717) is 18.7 Å². The Morgan fingerprint density at radius 1 is 1.27 bits per heavy atom. The molecule has 6 heteroatoms. The molecule has 6 nitrogen and oxygen atoms in total. The smallest absolute Gasteiger partial charge is 0.257 e. The van der Waals surface area contributed by atoms with Crippen LogP contribution in [0.2, 0.25) is 0 Å². The number of carbonyl (C=O) groups is 2. The first-order valence-corrected chi connectivity index (χ1v) is 7.26. The highest BCUT2D eigenvalue weighted by molar-refractivity contribution is 5.96. The number of likely N-dealkylation sites (tertiary alicyclic amines) is 1. The second-order valence-electron chi connectivity index (χ2n) is 5.33. The van der Waals surface area contributed by atoms with E-state index in [0.717, 1.165) is 18.5 Å². The van der Waals surface area contributed by atoms with E-state index in [1.807, 2.05) is 0 Å². The van der Waals surface area contributed by atoms with Crippen LogP contribution < -0.4 is 5.32 Å². The average Bonchev–Trinajstić information content (AvgIpc) is 3.09. The molecule has 0 aromatic carbocycles. The first-order chi connectivity index (χ1) is 10.7. The summed E-state index contributed by atoms with van der Waals surface area (Å²) in [6.45, 7) is 1.10. The van der Waals surface area contributed by atoms with Gasteiger partial charge in [-0.05, 0) is 31.0 Å². The van der Waals surface area contributed by atoms with Gasteiger partial charge in [-0.1, -0.05) is 0 Å². The molecule has 2 amide bonds. The fourth-order valence-electron chi connectivity index (χ4n) is 2.62. The van der Waals surface area contributed by atoms with Gasteiger partial charge < -0.3 is 14.6 Å². The number of anilines is 1. The SMILES string of the molecule is O=C(Nc1ccncc1)[C@H]1CCCN(C(=O)c2ccoc2)C1. The Balaban J connectivity index is 1.63. The molecule has 2 aromatic rings. The summed E-state index contributed by atoms with van der Waals surface area (Å²) in [5.41, 5.74) is 1.24. The molecule has 1 N–H and O–H groups in total. The largest absolute Gasteiger partial charge is 0.472 e. The van der Waals surface area contributed by atoms with Gasteiger partial charge in [-0.25, -0.2) is 0 Å². The zero-order valence-electron chi connectivity index (χ0n) is 12.1. The highest BCUT2D eigenvalue weighted by Gasteiger charge is 2.29. The van der Waals surface area contributed by atoms with Gasteiger partial charge in [0, 0.05) is 31.2 Å². The summed E-state index contributed by atoms with van der Waals surface area (Å²) < 4.78 is 4.95. The van der Waals surface area contributed by atoms with Crippen LogP contribution >= 0.6 is 0 Å². The molecule has 1 aliphatic heterocycles. The van der Waals surface area contributed by atoms with Crippen molar-refractivity contribution in [3.05, 3.63) is 48.7 Å². The van der Waals surface area contributed by atoms with Crippen molar-refractivity contribution in [2.45, 2.75) is 12.8 Å². The lowest BCUT2D eigenvalue weighted by molar-refractivity contribution is -0.121. The molecule has 22 heavy (non-hydrogen) atoms. The lowest BCUT2D eigenvalue weighted by Crippen LogP contribution is -2.43. The van der Waals surface area contributed by atoms with Crippen LogP contribution in [0.5, 0.6) is 0 Å². The molecule has 0 radical (unpaired) electrons. The lowest BCUT2D eigenvalue weighted by Gasteiger charge is -2.31. The third kappa shape index (κ3) is 3.16. The summed E-state index contributed by atoms with van der Waals surface area (Å²) in [4.78, 5) is 30.3. The van der Waals surface area contributed by atoms with Gasteiger partial charge in [-0.15, -0.1) is 0 Å². The molecule has 2 aromatic heterocycles. The number of nitrogens with one attached hydrogen (secondary N) is 1. The van der Waals surface area contributed by atoms with Crippen molar-refractivity contribution in [1.82, 2.24) is 9.88 Å². The Bertz CT molecular complexity index is 640. The molecule has 0 unspecified atom stereocenters. The summed E-state index contributed by atoms with van der Waals surface area (Å²) in [7, 11) is 0. The maximum atomic E-state index is 12.3. The number of furan rings is 1. The Morgan fingerprint density at radius 2 is 2.09 bits per heavy atom. The summed E-state index contributed by atoms with van der Waals surface area (Å²) in [6.07, 6.45) is 7.77. The zero-order chi connectivity index (χ0) is 15.4. The van der Waals surface area contributed by atoms with Crippen molar-refractivity contribution in [3.63, 3.8) is 0 Å². The Morgan fingerprint density at radius 3 is 2.82 bits per heavy atom. The quantitative estimate of drug-likeness (QED) is 0.942. The molecule has 1 fully saturated rings. The second-order valence-corrected chi connectivity index (χ2v) is 5.33. The van der Waals surface area contributed by atoms with Crippen molar-refractivity contribution < 1.29 is 14.0 Å². The fourth-order valence-corrected chi connectivity index (χ4v) is 2.62. The molecule has 1 saturated heterocycles. The lowest BCUT2D eigenvalue weighted by atomic mass is 9.96. The van der Waals surface area contributed by atoms with E-state index in [1.165, 1.54) is 12.5 Å². The number of aromatic nitrogens is 1. The van der Waals surface area contributed by atoms with Gasteiger partial charge in [-0.2, -0.15) is 0 Å². The molecule has 3 rings (SSSR count). The maximum absolute atomic E-state index is 12.3. The number of piperidine rings is 1. The summed E-state index contributed by atoms with van der Waals surface area (Å²) in [5, 5.41) is 2.87. The molecule has 0 saturated carbocycles. The van der Waals surface area contributed by atoms with Gasteiger partial charge in [0.1, 0.15) is 6.26 Å². The fraction of sp³-hybridized carbons (Fsp3) is 0.312. The first-order valence-electron chi connectivity index (χ1n) is 7.26. The van der Waals surface area contributed by atoms with Crippen molar-refractivity contribution >= 4 is 17.5 Å². The highest BCUT2D eigenvalue weighted by Crippen LogP contribution is 2.20. The molecule has 114 valence electrons. The predicted octanol–water partition coefficient (Wildman–Crippen LogP) is 2.17. The van der Waals surface area contributed by atoms with Crippen LogP contribution in [-0.4, -0.2) is 34.8 Å². The summed E-state index contributed by atoms with van der Waals surface area (Å²) in [6, 6.07) is 5.13. The van der Waals surface area contributed by atoms with E-state index in [1.54, 1.807) is 35.5 Å². The average molecular weight is 299 g/mol. The number of pyridine rings is 1. The number of hydrogen-bond donors (Lipinski definition) is 1. The molecule has 1 atom stereocenters. The minimum atomic E-state index is -0.197. The molecular weight excluding hydrogens is 282 g/mol. The van der Waals surface area contributed by atoms with Crippen LogP contribution in [0.25, 0.3) is 0 Å². The monoisotopic (exact) mass is 299 g/mol. The Labute approximate surface area is 128 Å². The Hall–Kier alpha value is -2.63. The van der Waals surface area contributed by atoms with Crippen molar-refractivity contribution in [2.75, 3.05) is 18.4 Å². The zero-order valence-corrected chi connectivity index (χ0v) is 12.1. The molecule has 0 spiro atoms. The van der Waals surface area contributed by atoms with E-state index in [4.69, 9.17) is 4.42 Å². The van der Waals surface area contributed by atoms with E-state index >= 15 is 0 Å². The van der Waals surface area contributed by atoms with Crippen LogP contribution in [0, 0.1) is 5.92 Å².